The van der Waals surface area contributed by atoms with E-state index in [1.165, 1.54) is 5.56 Å². The molecule has 0 aliphatic rings. The maximum atomic E-state index is 4.69. The zero-order valence-electron chi connectivity index (χ0n) is 14.7. The topological polar surface area (TPSA) is 41.1 Å². The zero-order chi connectivity index (χ0) is 16.7. The summed E-state index contributed by atoms with van der Waals surface area (Å²) in [5.41, 5.74) is 1.29. The van der Waals surface area contributed by atoms with Crippen LogP contribution in [0.2, 0.25) is 0 Å². The summed E-state index contributed by atoms with van der Waals surface area (Å²) in [6.07, 6.45) is 2.95. The van der Waals surface area contributed by atoms with Gasteiger partial charge in [-0.2, -0.15) is 4.98 Å². The molecule has 1 aromatic carbocycles. The molecule has 4 nitrogen and oxygen atoms in total. The van der Waals surface area contributed by atoms with Crippen LogP contribution in [0.5, 0.6) is 0 Å². The molecule has 1 heterocycles. The van der Waals surface area contributed by atoms with E-state index in [0.29, 0.717) is 17.9 Å². The van der Waals surface area contributed by atoms with Crippen LogP contribution in [0.4, 0.5) is 11.8 Å². The number of hydrogen-bond donors (Lipinski definition) is 1. The first-order valence-electron chi connectivity index (χ1n) is 8.43. The highest BCUT2D eigenvalue weighted by atomic mass is 15.2. The molecule has 0 aliphatic carbocycles. The summed E-state index contributed by atoms with van der Waals surface area (Å²) in [4.78, 5) is 11.3. The molecule has 0 bridgehead atoms. The second kappa shape index (κ2) is 8.51. The highest BCUT2D eigenvalue weighted by Gasteiger charge is 2.13. The average molecular weight is 312 g/mol. The number of nitrogens with one attached hydrogen (secondary N) is 1. The van der Waals surface area contributed by atoms with Gasteiger partial charge < -0.3 is 10.2 Å². The monoisotopic (exact) mass is 312 g/mol. The van der Waals surface area contributed by atoms with Crippen LogP contribution in [-0.2, 0) is 6.54 Å². The lowest BCUT2D eigenvalue weighted by atomic mass is 10.1. The second-order valence-electron chi connectivity index (χ2n) is 6.55. The van der Waals surface area contributed by atoms with Crippen molar-refractivity contribution in [3.05, 3.63) is 48.2 Å². The van der Waals surface area contributed by atoms with Crippen molar-refractivity contribution >= 4 is 11.8 Å². The minimum Gasteiger partial charge on any atom is -0.354 e. The van der Waals surface area contributed by atoms with Gasteiger partial charge in [-0.25, -0.2) is 4.98 Å². The van der Waals surface area contributed by atoms with Crippen LogP contribution >= 0.6 is 0 Å². The highest BCUT2D eigenvalue weighted by molar-refractivity contribution is 5.44. The van der Waals surface area contributed by atoms with Crippen molar-refractivity contribution < 1.29 is 0 Å². The van der Waals surface area contributed by atoms with Crippen molar-refractivity contribution in [1.29, 1.82) is 0 Å². The lowest BCUT2D eigenvalue weighted by Gasteiger charge is -2.28. The molecular weight excluding hydrogens is 284 g/mol. The van der Waals surface area contributed by atoms with Crippen LogP contribution in [0, 0.1) is 5.92 Å². The lowest BCUT2D eigenvalue weighted by Crippen LogP contribution is -2.31. The Hall–Kier alpha value is -2.10. The smallest absolute Gasteiger partial charge is 0.224 e. The van der Waals surface area contributed by atoms with Crippen LogP contribution < -0.4 is 10.2 Å². The molecule has 124 valence electrons. The Labute approximate surface area is 140 Å². The van der Waals surface area contributed by atoms with E-state index >= 15 is 0 Å². The molecule has 0 spiro atoms. The fourth-order valence-electron chi connectivity index (χ4n) is 2.38. The number of nitrogens with zero attached hydrogens (tertiary/aromatic N) is 3. The molecule has 0 aliphatic heterocycles. The third-order valence-electron chi connectivity index (χ3n) is 3.76. The highest BCUT2D eigenvalue weighted by Crippen LogP contribution is 2.18. The lowest BCUT2D eigenvalue weighted by molar-refractivity contribution is 0.605. The SMILES string of the molecule is CC(C)CCNc1nccc(N(Cc2ccccc2)C(C)C)n1. The zero-order valence-corrected chi connectivity index (χ0v) is 14.7. The maximum Gasteiger partial charge on any atom is 0.224 e. The van der Waals surface area contributed by atoms with Crippen molar-refractivity contribution in [1.82, 2.24) is 9.97 Å². The largest absolute Gasteiger partial charge is 0.354 e. The third-order valence-corrected chi connectivity index (χ3v) is 3.76. The molecule has 0 amide bonds. The minimum atomic E-state index is 0.369. The third kappa shape index (κ3) is 5.55. The molecule has 1 aromatic heterocycles. The van der Waals surface area contributed by atoms with Crippen molar-refractivity contribution in [2.45, 2.75) is 46.7 Å². The molecule has 1 N–H and O–H groups in total. The first-order valence-corrected chi connectivity index (χ1v) is 8.43. The van der Waals surface area contributed by atoms with Gasteiger partial charge in [0, 0.05) is 25.3 Å². The molecular formula is C19H28N4. The molecule has 23 heavy (non-hydrogen) atoms. The van der Waals surface area contributed by atoms with E-state index in [1.54, 1.807) is 0 Å². The van der Waals surface area contributed by atoms with Gasteiger partial charge in [-0.3, -0.25) is 0 Å². The van der Waals surface area contributed by atoms with Gasteiger partial charge in [0.1, 0.15) is 5.82 Å². The summed E-state index contributed by atoms with van der Waals surface area (Å²) in [7, 11) is 0. The molecule has 2 aromatic rings. The van der Waals surface area contributed by atoms with Gasteiger partial charge in [0.15, 0.2) is 0 Å². The summed E-state index contributed by atoms with van der Waals surface area (Å²) in [5.74, 6) is 2.35. The molecule has 0 unspecified atom stereocenters. The summed E-state index contributed by atoms with van der Waals surface area (Å²) in [6.45, 7) is 10.6. The number of aromatic nitrogens is 2. The molecule has 2 rings (SSSR count). The van der Waals surface area contributed by atoms with Crippen molar-refractivity contribution in [2.75, 3.05) is 16.8 Å². The van der Waals surface area contributed by atoms with Crippen molar-refractivity contribution in [3.63, 3.8) is 0 Å². The maximum absolute atomic E-state index is 4.69. The Balaban J connectivity index is 2.09. The summed E-state index contributed by atoms with van der Waals surface area (Å²) in [5, 5.41) is 3.33. The van der Waals surface area contributed by atoms with Gasteiger partial charge in [-0.1, -0.05) is 44.2 Å². The van der Waals surface area contributed by atoms with Gasteiger partial charge in [0.05, 0.1) is 0 Å². The fourth-order valence-corrected chi connectivity index (χ4v) is 2.38. The Morgan fingerprint density at radius 1 is 1.04 bits per heavy atom. The predicted octanol–water partition coefficient (Wildman–Crippen LogP) is 4.35. The summed E-state index contributed by atoms with van der Waals surface area (Å²) >= 11 is 0. The molecule has 0 radical (unpaired) electrons. The Bertz CT molecular complexity index is 581. The Kier molecular flexibility index (Phi) is 6.39. The van der Waals surface area contributed by atoms with Gasteiger partial charge in [-0.05, 0) is 37.8 Å². The second-order valence-corrected chi connectivity index (χ2v) is 6.55. The van der Waals surface area contributed by atoms with Crippen LogP contribution in [-0.4, -0.2) is 22.6 Å². The van der Waals surface area contributed by atoms with Crippen LogP contribution in [0.25, 0.3) is 0 Å². The first-order chi connectivity index (χ1) is 11.1. The molecule has 4 heteroatoms. The molecule has 0 saturated heterocycles. The van der Waals surface area contributed by atoms with Crippen molar-refractivity contribution in [3.8, 4) is 0 Å². The van der Waals surface area contributed by atoms with Gasteiger partial charge in [0.25, 0.3) is 0 Å². The quantitative estimate of drug-likeness (QED) is 0.787. The standard InChI is InChI=1S/C19H28N4/c1-15(2)10-12-20-19-21-13-11-18(22-19)23(16(3)4)14-17-8-6-5-7-9-17/h5-9,11,13,15-16H,10,12,14H2,1-4H3,(H,20,21,22). The minimum absolute atomic E-state index is 0.369. The van der Waals surface area contributed by atoms with Gasteiger partial charge in [-0.15, -0.1) is 0 Å². The van der Waals surface area contributed by atoms with E-state index in [-0.39, 0.29) is 0 Å². The number of rotatable bonds is 8. The van der Waals surface area contributed by atoms with E-state index < -0.39 is 0 Å². The summed E-state index contributed by atoms with van der Waals surface area (Å²) in [6, 6.07) is 12.9. The van der Waals surface area contributed by atoms with Crippen molar-refractivity contribution in [2.24, 2.45) is 5.92 Å². The Morgan fingerprint density at radius 2 is 1.78 bits per heavy atom. The fraction of sp³-hybridized carbons (Fsp3) is 0.474. The van der Waals surface area contributed by atoms with E-state index in [0.717, 1.165) is 25.3 Å². The molecule has 0 saturated carbocycles. The van der Waals surface area contributed by atoms with Crippen LogP contribution in [0.3, 0.4) is 0 Å². The van der Waals surface area contributed by atoms with E-state index in [2.05, 4.69) is 67.2 Å². The van der Waals surface area contributed by atoms with Crippen LogP contribution in [0.15, 0.2) is 42.6 Å². The van der Waals surface area contributed by atoms with E-state index in [1.807, 2.05) is 18.3 Å². The predicted molar refractivity (Wildman–Crippen MR) is 97.7 cm³/mol. The number of anilines is 2. The first kappa shape index (κ1) is 17.3. The van der Waals surface area contributed by atoms with Gasteiger partial charge >= 0.3 is 0 Å². The Morgan fingerprint density at radius 3 is 2.43 bits per heavy atom. The molecule has 0 atom stereocenters. The van der Waals surface area contributed by atoms with Gasteiger partial charge in [0.2, 0.25) is 5.95 Å². The normalized spacial score (nSPS) is 11.0. The number of benzene rings is 1. The van der Waals surface area contributed by atoms with E-state index in [4.69, 9.17) is 4.98 Å². The average Bonchev–Trinajstić information content (AvgIpc) is 2.53. The van der Waals surface area contributed by atoms with E-state index in [9.17, 15) is 0 Å². The molecule has 0 fully saturated rings. The number of hydrogen-bond acceptors (Lipinski definition) is 4. The summed E-state index contributed by atoms with van der Waals surface area (Å²) < 4.78 is 0. The van der Waals surface area contributed by atoms with Crippen LogP contribution in [0.1, 0.15) is 39.7 Å².